The van der Waals surface area contributed by atoms with E-state index < -0.39 is 0 Å². The summed E-state index contributed by atoms with van der Waals surface area (Å²) in [6.45, 7) is 4.17. The number of benzene rings is 1. The molecule has 0 bridgehead atoms. The summed E-state index contributed by atoms with van der Waals surface area (Å²) in [5.41, 5.74) is 4.04. The second-order valence-electron chi connectivity index (χ2n) is 3.38. The van der Waals surface area contributed by atoms with Gasteiger partial charge in [-0.1, -0.05) is 23.7 Å². The number of halogens is 1. The van der Waals surface area contributed by atoms with E-state index >= 15 is 0 Å². The Bertz CT molecular complexity index is 401. The van der Waals surface area contributed by atoms with E-state index in [9.17, 15) is 4.79 Å². The van der Waals surface area contributed by atoms with Crippen LogP contribution >= 0.6 is 11.6 Å². The highest BCUT2D eigenvalue weighted by Gasteiger charge is 2.00. The number of rotatable bonds is 5. The molecule has 0 atom stereocenters. The summed E-state index contributed by atoms with van der Waals surface area (Å²) in [6, 6.07) is 7.24. The fourth-order valence-corrected chi connectivity index (χ4v) is 1.25. The van der Waals surface area contributed by atoms with Gasteiger partial charge in [0.2, 0.25) is 0 Å². The molecule has 0 aliphatic rings. The Morgan fingerprint density at radius 1 is 1.41 bits per heavy atom. The van der Waals surface area contributed by atoms with Crippen LogP contribution < -0.4 is 5.43 Å². The standard InChI is InChI=1S/C12H15ClN2O2/c1-3-17-8-12(16)15-14-9(2)10-4-6-11(13)7-5-10/h4-7H,3,8H2,1-2H3,(H,15,16)/b14-9+. The number of nitrogens with zero attached hydrogens (tertiary/aromatic N) is 1. The van der Waals surface area contributed by atoms with Gasteiger partial charge in [0.05, 0.1) is 5.71 Å². The van der Waals surface area contributed by atoms with E-state index in [1.807, 2.05) is 26.0 Å². The van der Waals surface area contributed by atoms with E-state index in [1.165, 1.54) is 0 Å². The molecule has 0 unspecified atom stereocenters. The molecule has 5 heteroatoms. The largest absolute Gasteiger partial charge is 0.372 e. The Balaban J connectivity index is 2.54. The summed E-state index contributed by atoms with van der Waals surface area (Å²) >= 11 is 5.77. The zero-order chi connectivity index (χ0) is 12.7. The Hall–Kier alpha value is -1.39. The zero-order valence-corrected chi connectivity index (χ0v) is 10.6. The number of hydrogen-bond acceptors (Lipinski definition) is 3. The minimum absolute atomic E-state index is 0.0217. The van der Waals surface area contributed by atoms with Gasteiger partial charge in [0.15, 0.2) is 0 Å². The van der Waals surface area contributed by atoms with E-state index in [4.69, 9.17) is 16.3 Å². The first kappa shape index (κ1) is 13.7. The van der Waals surface area contributed by atoms with Crippen molar-refractivity contribution in [3.63, 3.8) is 0 Å². The Morgan fingerprint density at radius 2 is 2.06 bits per heavy atom. The quantitative estimate of drug-likeness (QED) is 0.647. The van der Waals surface area contributed by atoms with Crippen LogP contribution in [0.4, 0.5) is 0 Å². The van der Waals surface area contributed by atoms with Gasteiger partial charge in [0.25, 0.3) is 5.91 Å². The molecular formula is C12H15ClN2O2. The first-order valence-electron chi connectivity index (χ1n) is 5.30. The van der Waals surface area contributed by atoms with Crippen molar-refractivity contribution in [1.29, 1.82) is 0 Å². The maximum absolute atomic E-state index is 11.2. The molecule has 1 N–H and O–H groups in total. The van der Waals surface area contributed by atoms with E-state index in [1.54, 1.807) is 12.1 Å². The maximum atomic E-state index is 11.2. The molecule has 0 aliphatic heterocycles. The SMILES string of the molecule is CCOCC(=O)N/N=C(\C)c1ccc(Cl)cc1. The van der Waals surface area contributed by atoms with Crippen molar-refractivity contribution >= 4 is 23.2 Å². The summed E-state index contributed by atoms with van der Waals surface area (Å²) in [6.07, 6.45) is 0. The van der Waals surface area contributed by atoms with Crippen LogP contribution in [0.15, 0.2) is 29.4 Å². The third-order valence-electron chi connectivity index (χ3n) is 2.05. The smallest absolute Gasteiger partial charge is 0.266 e. The minimum atomic E-state index is -0.264. The first-order valence-corrected chi connectivity index (χ1v) is 5.68. The lowest BCUT2D eigenvalue weighted by Gasteiger charge is -2.03. The third kappa shape index (κ3) is 4.97. The van der Waals surface area contributed by atoms with Crippen LogP contribution in [-0.4, -0.2) is 24.8 Å². The Kier molecular flexibility index (Phi) is 5.66. The van der Waals surface area contributed by atoms with Gasteiger partial charge in [-0.15, -0.1) is 0 Å². The molecule has 1 aromatic rings. The van der Waals surface area contributed by atoms with Crippen molar-refractivity contribution in [3.8, 4) is 0 Å². The van der Waals surface area contributed by atoms with E-state index in [0.29, 0.717) is 17.3 Å². The van der Waals surface area contributed by atoms with Gasteiger partial charge in [0.1, 0.15) is 6.61 Å². The highest BCUT2D eigenvalue weighted by molar-refractivity contribution is 6.30. The molecular weight excluding hydrogens is 240 g/mol. The lowest BCUT2D eigenvalue weighted by atomic mass is 10.1. The molecule has 0 saturated heterocycles. The highest BCUT2D eigenvalue weighted by atomic mass is 35.5. The van der Waals surface area contributed by atoms with Crippen LogP contribution in [0.5, 0.6) is 0 Å². The summed E-state index contributed by atoms with van der Waals surface area (Å²) in [5.74, 6) is -0.264. The summed E-state index contributed by atoms with van der Waals surface area (Å²) in [7, 11) is 0. The van der Waals surface area contributed by atoms with Crippen LogP contribution in [0.1, 0.15) is 19.4 Å². The average molecular weight is 255 g/mol. The number of nitrogens with one attached hydrogen (secondary N) is 1. The molecule has 0 aliphatic carbocycles. The van der Waals surface area contributed by atoms with Gasteiger partial charge in [-0.05, 0) is 31.5 Å². The van der Waals surface area contributed by atoms with Crippen molar-refractivity contribution in [2.24, 2.45) is 5.10 Å². The van der Waals surface area contributed by atoms with E-state index in [2.05, 4.69) is 10.5 Å². The second-order valence-corrected chi connectivity index (χ2v) is 3.81. The predicted octanol–water partition coefficient (Wildman–Crippen LogP) is 2.22. The highest BCUT2D eigenvalue weighted by Crippen LogP contribution is 2.09. The maximum Gasteiger partial charge on any atom is 0.266 e. The van der Waals surface area contributed by atoms with Crippen molar-refractivity contribution < 1.29 is 9.53 Å². The number of amides is 1. The van der Waals surface area contributed by atoms with Gasteiger partial charge in [-0.3, -0.25) is 4.79 Å². The lowest BCUT2D eigenvalue weighted by Crippen LogP contribution is -2.24. The number of ether oxygens (including phenoxy) is 1. The van der Waals surface area contributed by atoms with Crippen LogP contribution in [-0.2, 0) is 9.53 Å². The molecule has 92 valence electrons. The fraction of sp³-hybridized carbons (Fsp3) is 0.333. The Morgan fingerprint density at radius 3 is 2.65 bits per heavy atom. The molecule has 17 heavy (non-hydrogen) atoms. The van der Waals surface area contributed by atoms with Gasteiger partial charge in [-0.25, -0.2) is 5.43 Å². The van der Waals surface area contributed by atoms with E-state index in [0.717, 1.165) is 5.56 Å². The van der Waals surface area contributed by atoms with Crippen LogP contribution in [0.2, 0.25) is 5.02 Å². The van der Waals surface area contributed by atoms with Gasteiger partial charge in [0, 0.05) is 11.6 Å². The van der Waals surface area contributed by atoms with Gasteiger partial charge < -0.3 is 4.74 Å². The topological polar surface area (TPSA) is 50.7 Å². The number of carbonyl (C=O) groups is 1. The Labute approximate surface area is 106 Å². The van der Waals surface area contributed by atoms with Crippen LogP contribution in [0.3, 0.4) is 0 Å². The zero-order valence-electron chi connectivity index (χ0n) is 9.87. The first-order chi connectivity index (χ1) is 8.13. The fourth-order valence-electron chi connectivity index (χ4n) is 1.13. The minimum Gasteiger partial charge on any atom is -0.372 e. The molecule has 0 radical (unpaired) electrons. The number of hydrogen-bond donors (Lipinski definition) is 1. The average Bonchev–Trinajstić information content (AvgIpc) is 2.34. The van der Waals surface area contributed by atoms with E-state index in [-0.39, 0.29) is 12.5 Å². The van der Waals surface area contributed by atoms with Crippen LogP contribution in [0, 0.1) is 0 Å². The molecule has 4 nitrogen and oxygen atoms in total. The van der Waals surface area contributed by atoms with Crippen molar-refractivity contribution in [2.45, 2.75) is 13.8 Å². The molecule has 0 saturated carbocycles. The molecule has 0 heterocycles. The molecule has 0 aromatic heterocycles. The summed E-state index contributed by atoms with van der Waals surface area (Å²) in [4.78, 5) is 11.2. The third-order valence-corrected chi connectivity index (χ3v) is 2.30. The number of carbonyl (C=O) groups excluding carboxylic acids is 1. The summed E-state index contributed by atoms with van der Waals surface area (Å²) < 4.78 is 4.95. The van der Waals surface area contributed by atoms with Crippen molar-refractivity contribution in [2.75, 3.05) is 13.2 Å². The number of hydrazone groups is 1. The predicted molar refractivity (Wildman–Crippen MR) is 68.3 cm³/mol. The second kappa shape index (κ2) is 7.04. The van der Waals surface area contributed by atoms with Gasteiger partial charge in [-0.2, -0.15) is 5.10 Å². The molecule has 1 amide bonds. The normalized spacial score (nSPS) is 11.4. The van der Waals surface area contributed by atoms with Gasteiger partial charge >= 0.3 is 0 Å². The molecule has 1 rings (SSSR count). The summed E-state index contributed by atoms with van der Waals surface area (Å²) in [5, 5.41) is 4.64. The lowest BCUT2D eigenvalue weighted by molar-refractivity contribution is -0.125. The monoisotopic (exact) mass is 254 g/mol. The molecule has 0 spiro atoms. The van der Waals surface area contributed by atoms with Crippen molar-refractivity contribution in [3.05, 3.63) is 34.9 Å². The van der Waals surface area contributed by atoms with Crippen molar-refractivity contribution in [1.82, 2.24) is 5.43 Å². The van der Waals surface area contributed by atoms with Crippen LogP contribution in [0.25, 0.3) is 0 Å². The molecule has 0 fully saturated rings. The molecule has 1 aromatic carbocycles.